The molecule has 1 nitrogen and oxygen atoms in total. The third kappa shape index (κ3) is 3.02. The molecule has 3 aromatic carbocycles. The molecule has 0 N–H and O–H groups in total. The first-order valence-corrected chi connectivity index (χ1v) is 9.21. The van der Waals surface area contributed by atoms with Crippen LogP contribution in [-0.2, 0) is 0 Å². The fraction of sp³-hybridized carbons (Fsp3) is 0. The SMILES string of the molecule is Brc1cccc(-c2cc(-c3ccccc3)c3cc(Br)ccc3n2)c1. The van der Waals surface area contributed by atoms with Crippen molar-refractivity contribution in [2.24, 2.45) is 0 Å². The predicted octanol–water partition coefficient (Wildman–Crippen LogP) is 7.09. The van der Waals surface area contributed by atoms with E-state index in [-0.39, 0.29) is 0 Å². The summed E-state index contributed by atoms with van der Waals surface area (Å²) in [6, 6.07) is 27.1. The van der Waals surface area contributed by atoms with Crippen molar-refractivity contribution in [3.63, 3.8) is 0 Å². The first kappa shape index (κ1) is 15.6. The Hall–Kier alpha value is -1.97. The molecule has 1 heterocycles. The van der Waals surface area contributed by atoms with E-state index < -0.39 is 0 Å². The Kier molecular flexibility index (Phi) is 4.21. The van der Waals surface area contributed by atoms with Crippen molar-refractivity contribution in [3.8, 4) is 22.4 Å². The van der Waals surface area contributed by atoms with Crippen molar-refractivity contribution < 1.29 is 0 Å². The summed E-state index contributed by atoms with van der Waals surface area (Å²) in [7, 11) is 0. The molecule has 0 aliphatic heterocycles. The zero-order chi connectivity index (χ0) is 16.5. The summed E-state index contributed by atoms with van der Waals surface area (Å²) in [5.74, 6) is 0. The van der Waals surface area contributed by atoms with Gasteiger partial charge in [0.15, 0.2) is 0 Å². The average Bonchev–Trinajstić information content (AvgIpc) is 2.61. The Bertz CT molecular complexity index is 1030. The molecule has 0 bridgehead atoms. The van der Waals surface area contributed by atoms with E-state index in [0.29, 0.717) is 0 Å². The van der Waals surface area contributed by atoms with Crippen molar-refractivity contribution in [2.45, 2.75) is 0 Å². The molecule has 0 radical (unpaired) electrons. The highest BCUT2D eigenvalue weighted by molar-refractivity contribution is 9.10. The van der Waals surface area contributed by atoms with Crippen molar-refractivity contribution in [1.29, 1.82) is 0 Å². The van der Waals surface area contributed by atoms with Crippen LogP contribution in [0.5, 0.6) is 0 Å². The lowest BCUT2D eigenvalue weighted by atomic mass is 9.98. The topological polar surface area (TPSA) is 12.9 Å². The van der Waals surface area contributed by atoms with Crippen LogP contribution in [0.15, 0.2) is 87.8 Å². The maximum atomic E-state index is 4.87. The number of nitrogens with zero attached hydrogens (tertiary/aromatic N) is 1. The molecule has 116 valence electrons. The predicted molar refractivity (Wildman–Crippen MR) is 108 cm³/mol. The number of halogens is 2. The molecular weight excluding hydrogens is 426 g/mol. The second-order valence-electron chi connectivity index (χ2n) is 5.59. The molecule has 0 spiro atoms. The monoisotopic (exact) mass is 437 g/mol. The normalized spacial score (nSPS) is 10.9. The van der Waals surface area contributed by atoms with Gasteiger partial charge < -0.3 is 0 Å². The zero-order valence-electron chi connectivity index (χ0n) is 12.7. The van der Waals surface area contributed by atoms with E-state index in [9.17, 15) is 0 Å². The van der Waals surface area contributed by atoms with E-state index in [0.717, 1.165) is 31.1 Å². The molecule has 4 aromatic rings. The number of hydrogen-bond acceptors (Lipinski definition) is 1. The van der Waals surface area contributed by atoms with Crippen LogP contribution in [-0.4, -0.2) is 4.98 Å². The molecule has 24 heavy (non-hydrogen) atoms. The van der Waals surface area contributed by atoms with Crippen LogP contribution in [0.4, 0.5) is 0 Å². The van der Waals surface area contributed by atoms with Gasteiger partial charge in [-0.3, -0.25) is 0 Å². The maximum Gasteiger partial charge on any atom is 0.0716 e. The van der Waals surface area contributed by atoms with Crippen LogP contribution in [0.2, 0.25) is 0 Å². The van der Waals surface area contributed by atoms with E-state index >= 15 is 0 Å². The number of aromatic nitrogens is 1. The molecule has 4 rings (SSSR count). The number of benzene rings is 3. The highest BCUT2D eigenvalue weighted by Gasteiger charge is 2.10. The number of hydrogen-bond donors (Lipinski definition) is 0. The maximum absolute atomic E-state index is 4.87. The summed E-state index contributed by atoms with van der Waals surface area (Å²) in [6.45, 7) is 0. The van der Waals surface area contributed by atoms with Crippen molar-refractivity contribution in [1.82, 2.24) is 4.98 Å². The van der Waals surface area contributed by atoms with Crippen LogP contribution < -0.4 is 0 Å². The van der Waals surface area contributed by atoms with Gasteiger partial charge in [0.05, 0.1) is 11.2 Å². The first-order valence-electron chi connectivity index (χ1n) is 7.62. The minimum absolute atomic E-state index is 0.977. The Labute approximate surface area is 157 Å². The minimum Gasteiger partial charge on any atom is -0.248 e. The second-order valence-corrected chi connectivity index (χ2v) is 7.42. The van der Waals surface area contributed by atoms with Gasteiger partial charge in [-0.05, 0) is 47.5 Å². The van der Waals surface area contributed by atoms with Crippen molar-refractivity contribution in [2.75, 3.05) is 0 Å². The van der Waals surface area contributed by atoms with Crippen molar-refractivity contribution in [3.05, 3.63) is 87.8 Å². The second kappa shape index (κ2) is 6.50. The molecule has 0 amide bonds. The van der Waals surface area contributed by atoms with Gasteiger partial charge in [0, 0.05) is 19.9 Å². The largest absolute Gasteiger partial charge is 0.248 e. The first-order chi connectivity index (χ1) is 11.7. The molecule has 0 unspecified atom stereocenters. The van der Waals surface area contributed by atoms with Gasteiger partial charge in [0.2, 0.25) is 0 Å². The fourth-order valence-electron chi connectivity index (χ4n) is 2.85. The van der Waals surface area contributed by atoms with E-state index in [1.54, 1.807) is 0 Å². The summed E-state index contributed by atoms with van der Waals surface area (Å²) in [5, 5.41) is 1.15. The third-order valence-corrected chi connectivity index (χ3v) is 4.96. The summed E-state index contributed by atoms with van der Waals surface area (Å²) in [5.41, 5.74) is 5.46. The van der Waals surface area contributed by atoms with Crippen LogP contribution >= 0.6 is 31.9 Å². The average molecular weight is 439 g/mol. The summed E-state index contributed by atoms with van der Waals surface area (Å²) in [6.07, 6.45) is 0. The van der Waals surface area contributed by atoms with Crippen molar-refractivity contribution >= 4 is 42.8 Å². The lowest BCUT2D eigenvalue weighted by molar-refractivity contribution is 1.39. The smallest absolute Gasteiger partial charge is 0.0716 e. The van der Waals surface area contributed by atoms with Crippen LogP contribution in [0.1, 0.15) is 0 Å². The van der Waals surface area contributed by atoms with Crippen LogP contribution in [0, 0.1) is 0 Å². The third-order valence-electron chi connectivity index (χ3n) is 3.98. The molecule has 1 aromatic heterocycles. The lowest BCUT2D eigenvalue weighted by Gasteiger charge is -2.11. The summed E-state index contributed by atoms with van der Waals surface area (Å²) >= 11 is 7.13. The molecule has 0 atom stereocenters. The minimum atomic E-state index is 0.977. The van der Waals surface area contributed by atoms with E-state index in [1.165, 1.54) is 11.1 Å². The summed E-state index contributed by atoms with van der Waals surface area (Å²) < 4.78 is 2.11. The quantitative estimate of drug-likeness (QED) is 0.325. The Morgan fingerprint density at radius 3 is 2.17 bits per heavy atom. The molecule has 3 heteroatoms. The van der Waals surface area contributed by atoms with Gasteiger partial charge in [0.25, 0.3) is 0 Å². The lowest BCUT2D eigenvalue weighted by Crippen LogP contribution is -1.90. The summed E-state index contributed by atoms with van der Waals surface area (Å²) in [4.78, 5) is 4.87. The van der Waals surface area contributed by atoms with Crippen LogP contribution in [0.3, 0.4) is 0 Å². The molecule has 0 aliphatic carbocycles. The molecule has 0 fully saturated rings. The highest BCUT2D eigenvalue weighted by atomic mass is 79.9. The van der Waals surface area contributed by atoms with E-state index in [2.05, 4.69) is 86.5 Å². The standard InChI is InChI=1S/C21H13Br2N/c22-16-8-4-7-15(11-16)21-13-18(14-5-2-1-3-6-14)19-12-17(23)9-10-20(19)24-21/h1-13H. The van der Waals surface area contributed by atoms with Gasteiger partial charge in [-0.1, -0.05) is 74.3 Å². The zero-order valence-corrected chi connectivity index (χ0v) is 15.9. The fourth-order valence-corrected chi connectivity index (χ4v) is 3.61. The number of fused-ring (bicyclic) bond motifs is 1. The number of pyridine rings is 1. The van der Waals surface area contributed by atoms with Gasteiger partial charge in [-0.25, -0.2) is 4.98 Å². The van der Waals surface area contributed by atoms with E-state index in [1.807, 2.05) is 24.3 Å². The van der Waals surface area contributed by atoms with Gasteiger partial charge >= 0.3 is 0 Å². The van der Waals surface area contributed by atoms with Gasteiger partial charge in [-0.15, -0.1) is 0 Å². The van der Waals surface area contributed by atoms with Gasteiger partial charge in [0.1, 0.15) is 0 Å². The Morgan fingerprint density at radius 1 is 0.625 bits per heavy atom. The molecular formula is C21H13Br2N. The number of rotatable bonds is 2. The van der Waals surface area contributed by atoms with Crippen LogP contribution in [0.25, 0.3) is 33.3 Å². The molecule has 0 saturated heterocycles. The highest BCUT2D eigenvalue weighted by Crippen LogP contribution is 2.34. The molecule has 0 aliphatic rings. The van der Waals surface area contributed by atoms with Gasteiger partial charge in [-0.2, -0.15) is 0 Å². The molecule has 0 saturated carbocycles. The van der Waals surface area contributed by atoms with E-state index in [4.69, 9.17) is 4.98 Å². The Morgan fingerprint density at radius 2 is 1.38 bits per heavy atom. The Balaban J connectivity index is 2.03.